The molecule has 1 N–H and O–H groups in total. The van der Waals surface area contributed by atoms with Gasteiger partial charge in [-0.25, -0.2) is 4.79 Å². The van der Waals surface area contributed by atoms with Gasteiger partial charge in [-0.15, -0.1) is 0 Å². The van der Waals surface area contributed by atoms with Gasteiger partial charge in [0.2, 0.25) is 0 Å². The number of esters is 1. The molecule has 1 unspecified atom stereocenters. The van der Waals surface area contributed by atoms with Gasteiger partial charge >= 0.3 is 5.97 Å². The van der Waals surface area contributed by atoms with Gasteiger partial charge < -0.3 is 14.3 Å². The minimum Gasteiger partial charge on any atom is -0.463 e. The molecule has 0 fully saturated rings. The lowest BCUT2D eigenvalue weighted by Gasteiger charge is -2.26. The van der Waals surface area contributed by atoms with Crippen molar-refractivity contribution in [2.75, 3.05) is 19.8 Å². The molecule has 0 saturated heterocycles. The molecule has 0 aliphatic carbocycles. The van der Waals surface area contributed by atoms with Crippen molar-refractivity contribution in [1.29, 1.82) is 0 Å². The summed E-state index contributed by atoms with van der Waals surface area (Å²) >= 11 is 0. The van der Waals surface area contributed by atoms with Crippen molar-refractivity contribution >= 4 is 15.0 Å². The SMILES string of the molecule is C=CC(=O)OCCC[SiH](CC(C)(C)CO)OCC. The Balaban J connectivity index is 3.97. The monoisotopic (exact) mass is 274 g/mol. The molecular formula is C13H26O4Si. The maximum Gasteiger partial charge on any atom is 0.330 e. The zero-order chi connectivity index (χ0) is 14.0. The Hall–Kier alpha value is -0.653. The largest absolute Gasteiger partial charge is 0.463 e. The Labute approximate surface area is 112 Å². The van der Waals surface area contributed by atoms with E-state index in [1.165, 1.54) is 6.08 Å². The van der Waals surface area contributed by atoms with Crippen molar-refractivity contribution in [2.45, 2.75) is 39.3 Å². The summed E-state index contributed by atoms with van der Waals surface area (Å²) in [6.45, 7) is 10.7. The highest BCUT2D eigenvalue weighted by atomic mass is 28.3. The standard InChI is InChI=1S/C13H26O4Si/c1-5-12(15)16-8-7-9-18(17-6-2)11-13(3,4)10-14/h5,14,18H,1,6-11H2,2-4H3. The van der Waals surface area contributed by atoms with Gasteiger partial charge in [-0.2, -0.15) is 0 Å². The summed E-state index contributed by atoms with van der Waals surface area (Å²) in [5, 5.41) is 9.27. The molecule has 0 aliphatic rings. The second kappa shape index (κ2) is 9.30. The summed E-state index contributed by atoms with van der Waals surface area (Å²) in [5.41, 5.74) is -0.0795. The lowest BCUT2D eigenvalue weighted by Crippen LogP contribution is -2.29. The van der Waals surface area contributed by atoms with Crippen LogP contribution in [0, 0.1) is 5.41 Å². The molecule has 4 nitrogen and oxygen atoms in total. The van der Waals surface area contributed by atoms with E-state index in [9.17, 15) is 9.90 Å². The van der Waals surface area contributed by atoms with Gasteiger partial charge in [0.1, 0.15) is 0 Å². The first kappa shape index (κ1) is 17.3. The number of carbonyl (C=O) groups excluding carboxylic acids is 1. The summed E-state index contributed by atoms with van der Waals surface area (Å²) in [5.74, 6) is -0.375. The van der Waals surface area contributed by atoms with Crippen LogP contribution in [0.3, 0.4) is 0 Å². The van der Waals surface area contributed by atoms with Gasteiger partial charge in [-0.3, -0.25) is 0 Å². The fraction of sp³-hybridized carbons (Fsp3) is 0.769. The van der Waals surface area contributed by atoms with Crippen LogP contribution in [-0.2, 0) is 14.0 Å². The molecule has 0 aromatic rings. The molecule has 1 atom stereocenters. The first-order chi connectivity index (χ1) is 8.45. The highest BCUT2D eigenvalue weighted by Gasteiger charge is 2.24. The molecular weight excluding hydrogens is 248 g/mol. The third-order valence-electron chi connectivity index (χ3n) is 2.69. The molecule has 5 heteroatoms. The van der Waals surface area contributed by atoms with Gasteiger partial charge in [-0.05, 0) is 30.8 Å². The molecule has 0 rings (SSSR count). The van der Waals surface area contributed by atoms with Crippen molar-refractivity contribution in [3.05, 3.63) is 12.7 Å². The highest BCUT2D eigenvalue weighted by Crippen LogP contribution is 2.24. The van der Waals surface area contributed by atoms with E-state index in [1.807, 2.05) is 20.8 Å². The third kappa shape index (κ3) is 8.44. The van der Waals surface area contributed by atoms with Crippen LogP contribution in [-0.4, -0.2) is 39.9 Å². The summed E-state index contributed by atoms with van der Waals surface area (Å²) in [6.07, 6.45) is 1.99. The van der Waals surface area contributed by atoms with Gasteiger partial charge in [0, 0.05) is 19.3 Å². The quantitative estimate of drug-likeness (QED) is 0.286. The Morgan fingerprint density at radius 1 is 1.50 bits per heavy atom. The van der Waals surface area contributed by atoms with Crippen LogP contribution < -0.4 is 0 Å². The predicted molar refractivity (Wildman–Crippen MR) is 75.0 cm³/mol. The van der Waals surface area contributed by atoms with E-state index in [4.69, 9.17) is 9.16 Å². The zero-order valence-electron chi connectivity index (χ0n) is 11.8. The zero-order valence-corrected chi connectivity index (χ0v) is 12.9. The van der Waals surface area contributed by atoms with Crippen LogP contribution in [0.4, 0.5) is 0 Å². The Morgan fingerprint density at radius 3 is 2.67 bits per heavy atom. The number of carbonyl (C=O) groups is 1. The van der Waals surface area contributed by atoms with Gasteiger partial charge in [0.05, 0.1) is 6.61 Å². The summed E-state index contributed by atoms with van der Waals surface area (Å²) in [6, 6.07) is 1.90. The topological polar surface area (TPSA) is 55.8 Å². The van der Waals surface area contributed by atoms with Crippen molar-refractivity contribution < 1.29 is 19.1 Å². The Morgan fingerprint density at radius 2 is 2.17 bits per heavy atom. The number of aliphatic hydroxyl groups is 1. The number of ether oxygens (including phenoxy) is 1. The second-order valence-corrected chi connectivity index (χ2v) is 7.68. The molecule has 106 valence electrons. The summed E-state index contributed by atoms with van der Waals surface area (Å²) < 4.78 is 10.7. The van der Waals surface area contributed by atoms with E-state index in [0.717, 1.165) is 18.5 Å². The molecule has 0 heterocycles. The van der Waals surface area contributed by atoms with Crippen LogP contribution >= 0.6 is 0 Å². The van der Waals surface area contributed by atoms with Crippen molar-refractivity contribution in [3.63, 3.8) is 0 Å². The van der Waals surface area contributed by atoms with E-state index in [2.05, 4.69) is 6.58 Å². The minimum absolute atomic E-state index is 0.0795. The normalized spacial score (nSPS) is 13.1. The summed E-state index contributed by atoms with van der Waals surface area (Å²) in [4.78, 5) is 10.9. The fourth-order valence-electron chi connectivity index (χ4n) is 1.70. The first-order valence-electron chi connectivity index (χ1n) is 6.47. The molecule has 0 aliphatic heterocycles. The Bertz CT molecular complexity index is 253. The molecule has 0 bridgehead atoms. The van der Waals surface area contributed by atoms with E-state index in [1.54, 1.807) is 0 Å². The van der Waals surface area contributed by atoms with Crippen LogP contribution in [0.5, 0.6) is 0 Å². The van der Waals surface area contributed by atoms with E-state index < -0.39 is 9.04 Å². The van der Waals surface area contributed by atoms with E-state index >= 15 is 0 Å². The summed E-state index contributed by atoms with van der Waals surface area (Å²) in [7, 11) is -1.33. The number of hydrogen-bond donors (Lipinski definition) is 1. The molecule has 0 saturated carbocycles. The lowest BCUT2D eigenvalue weighted by molar-refractivity contribution is -0.137. The number of rotatable bonds is 10. The van der Waals surface area contributed by atoms with E-state index in [-0.39, 0.29) is 18.0 Å². The molecule has 0 amide bonds. The third-order valence-corrected chi connectivity index (χ3v) is 6.11. The first-order valence-corrected chi connectivity index (χ1v) is 8.57. The molecule has 0 aromatic carbocycles. The van der Waals surface area contributed by atoms with Crippen molar-refractivity contribution in [3.8, 4) is 0 Å². The average Bonchev–Trinajstić information content (AvgIpc) is 2.34. The van der Waals surface area contributed by atoms with Crippen LogP contribution in [0.1, 0.15) is 27.2 Å². The average molecular weight is 274 g/mol. The van der Waals surface area contributed by atoms with Crippen LogP contribution in [0.25, 0.3) is 0 Å². The molecule has 0 aromatic heterocycles. The maximum absolute atomic E-state index is 10.9. The highest BCUT2D eigenvalue weighted by molar-refractivity contribution is 6.52. The lowest BCUT2D eigenvalue weighted by atomic mass is 9.98. The minimum atomic E-state index is -1.33. The van der Waals surface area contributed by atoms with Gasteiger partial charge in [-0.1, -0.05) is 20.4 Å². The molecule has 18 heavy (non-hydrogen) atoms. The smallest absolute Gasteiger partial charge is 0.330 e. The number of hydrogen-bond acceptors (Lipinski definition) is 4. The Kier molecular flexibility index (Phi) is 8.96. The molecule has 0 spiro atoms. The second-order valence-electron chi connectivity index (χ2n) is 5.12. The van der Waals surface area contributed by atoms with Crippen molar-refractivity contribution in [1.82, 2.24) is 0 Å². The van der Waals surface area contributed by atoms with Gasteiger partial charge in [0.15, 0.2) is 9.04 Å². The molecule has 0 radical (unpaired) electrons. The van der Waals surface area contributed by atoms with Crippen molar-refractivity contribution in [2.24, 2.45) is 5.41 Å². The van der Waals surface area contributed by atoms with Crippen LogP contribution in [0.2, 0.25) is 12.1 Å². The van der Waals surface area contributed by atoms with Gasteiger partial charge in [0.25, 0.3) is 0 Å². The fourth-order valence-corrected chi connectivity index (χ4v) is 4.65. The maximum atomic E-state index is 10.9. The number of aliphatic hydroxyl groups excluding tert-OH is 1. The van der Waals surface area contributed by atoms with Crippen LogP contribution in [0.15, 0.2) is 12.7 Å². The predicted octanol–water partition coefficient (Wildman–Crippen LogP) is 1.88. The van der Waals surface area contributed by atoms with E-state index in [0.29, 0.717) is 13.2 Å².